The third-order valence-electron chi connectivity index (χ3n) is 7.34. The molecule has 1 heterocycles. The van der Waals surface area contributed by atoms with Crippen LogP contribution in [0.3, 0.4) is 0 Å². The maximum atomic E-state index is 12.8. The maximum absolute atomic E-state index is 12.8. The van der Waals surface area contributed by atoms with Gasteiger partial charge in [-0.2, -0.15) is 0 Å². The van der Waals surface area contributed by atoms with E-state index in [1.54, 1.807) is 4.90 Å². The number of alkyl carbamates (subject to hydrolysis) is 1. The van der Waals surface area contributed by atoms with Crippen molar-refractivity contribution < 1.29 is 24.2 Å². The SMILES string of the molecule is CC(C)(CCC(=O)N1CC(C(=O)O)C(C)(C)C1)NC(=O)OCC1c2ccccc2-c2ccccc21. The minimum absolute atomic E-state index is 0.0152. The van der Waals surface area contributed by atoms with Gasteiger partial charge >= 0.3 is 12.1 Å². The summed E-state index contributed by atoms with van der Waals surface area (Å²) in [4.78, 5) is 38.6. The Hall–Kier alpha value is -3.35. The summed E-state index contributed by atoms with van der Waals surface area (Å²) in [6, 6.07) is 16.4. The summed E-state index contributed by atoms with van der Waals surface area (Å²) in [5, 5.41) is 12.3. The van der Waals surface area contributed by atoms with Gasteiger partial charge in [0.15, 0.2) is 0 Å². The molecular weight excluding hydrogens is 444 g/mol. The monoisotopic (exact) mass is 478 g/mol. The number of likely N-dealkylation sites (tertiary alicyclic amines) is 1. The maximum Gasteiger partial charge on any atom is 0.407 e. The predicted molar refractivity (Wildman–Crippen MR) is 133 cm³/mol. The van der Waals surface area contributed by atoms with Crippen molar-refractivity contribution in [3.63, 3.8) is 0 Å². The standard InChI is InChI=1S/C28H34N2O5/c1-27(2)17-30(15-23(27)25(32)33)24(31)13-14-28(3,4)29-26(34)35-16-22-20-11-7-5-9-18(20)19-10-6-8-12-21(19)22/h5-12,22-23H,13-17H2,1-4H3,(H,29,34)(H,32,33). The lowest BCUT2D eigenvalue weighted by Gasteiger charge is -2.27. The number of nitrogens with one attached hydrogen (secondary N) is 1. The average Bonchev–Trinajstić information content (AvgIpc) is 3.30. The number of hydrogen-bond acceptors (Lipinski definition) is 4. The van der Waals surface area contributed by atoms with Gasteiger partial charge in [-0.1, -0.05) is 62.4 Å². The van der Waals surface area contributed by atoms with Crippen LogP contribution in [0.5, 0.6) is 0 Å². The third-order valence-corrected chi connectivity index (χ3v) is 7.34. The predicted octanol–water partition coefficient (Wildman–Crippen LogP) is 4.65. The third kappa shape index (κ3) is 5.19. The summed E-state index contributed by atoms with van der Waals surface area (Å²) >= 11 is 0. The summed E-state index contributed by atoms with van der Waals surface area (Å²) in [5.74, 6) is -1.55. The Morgan fingerprint density at radius 3 is 2.17 bits per heavy atom. The number of carbonyl (C=O) groups excluding carboxylic acids is 2. The number of rotatable bonds is 7. The zero-order valence-electron chi connectivity index (χ0n) is 20.8. The Morgan fingerprint density at radius 2 is 1.63 bits per heavy atom. The van der Waals surface area contributed by atoms with Crippen LogP contribution >= 0.6 is 0 Å². The number of hydrogen-bond donors (Lipinski definition) is 2. The molecule has 0 saturated carbocycles. The van der Waals surface area contributed by atoms with Crippen molar-refractivity contribution in [1.82, 2.24) is 10.2 Å². The molecule has 35 heavy (non-hydrogen) atoms. The average molecular weight is 479 g/mol. The topological polar surface area (TPSA) is 95.9 Å². The van der Waals surface area contributed by atoms with Gasteiger partial charge in [0.2, 0.25) is 5.91 Å². The molecule has 0 spiro atoms. The van der Waals surface area contributed by atoms with Gasteiger partial charge in [0.25, 0.3) is 0 Å². The van der Waals surface area contributed by atoms with Crippen LogP contribution in [-0.2, 0) is 14.3 Å². The molecule has 1 unspecified atom stereocenters. The molecule has 1 aliphatic heterocycles. The van der Waals surface area contributed by atoms with Crippen molar-refractivity contribution in [3.8, 4) is 11.1 Å². The first kappa shape index (κ1) is 24.8. The molecule has 186 valence electrons. The number of benzene rings is 2. The molecule has 2 amide bonds. The van der Waals surface area contributed by atoms with Crippen molar-refractivity contribution >= 4 is 18.0 Å². The largest absolute Gasteiger partial charge is 0.481 e. The smallest absolute Gasteiger partial charge is 0.407 e. The van der Waals surface area contributed by atoms with Crippen molar-refractivity contribution in [2.75, 3.05) is 19.7 Å². The first-order valence-electron chi connectivity index (χ1n) is 12.1. The van der Waals surface area contributed by atoms with Crippen molar-refractivity contribution in [2.24, 2.45) is 11.3 Å². The van der Waals surface area contributed by atoms with Gasteiger partial charge in [-0.25, -0.2) is 4.79 Å². The van der Waals surface area contributed by atoms with E-state index in [9.17, 15) is 19.5 Å². The molecule has 4 rings (SSSR count). The fraction of sp³-hybridized carbons (Fsp3) is 0.464. The number of fused-ring (bicyclic) bond motifs is 3. The second kappa shape index (κ2) is 9.36. The van der Waals surface area contributed by atoms with E-state index >= 15 is 0 Å². The minimum Gasteiger partial charge on any atom is -0.481 e. The van der Waals surface area contributed by atoms with Crippen LogP contribution in [0.25, 0.3) is 11.1 Å². The molecule has 2 aliphatic rings. The van der Waals surface area contributed by atoms with Gasteiger partial charge in [-0.15, -0.1) is 0 Å². The van der Waals surface area contributed by atoms with Gasteiger partial charge in [0, 0.05) is 31.0 Å². The summed E-state index contributed by atoms with van der Waals surface area (Å²) in [6.07, 6.45) is 0.126. The Bertz CT molecular complexity index is 1090. The van der Waals surface area contributed by atoms with E-state index in [4.69, 9.17) is 4.74 Å². The first-order valence-corrected chi connectivity index (χ1v) is 12.1. The molecule has 1 fully saturated rings. The summed E-state index contributed by atoms with van der Waals surface area (Å²) in [6.45, 7) is 8.34. The van der Waals surface area contributed by atoms with E-state index in [0.717, 1.165) is 11.1 Å². The fourth-order valence-electron chi connectivity index (χ4n) is 5.29. The first-order chi connectivity index (χ1) is 16.5. The summed E-state index contributed by atoms with van der Waals surface area (Å²) in [5.41, 5.74) is 3.53. The van der Waals surface area contributed by atoms with Gasteiger partial charge in [0.1, 0.15) is 6.61 Å². The lowest BCUT2D eigenvalue weighted by molar-refractivity contribution is -0.144. The second-order valence-electron chi connectivity index (χ2n) is 11.0. The van der Waals surface area contributed by atoms with Crippen LogP contribution in [0.4, 0.5) is 4.79 Å². The molecule has 2 aromatic rings. The summed E-state index contributed by atoms with van der Waals surface area (Å²) in [7, 11) is 0. The number of amides is 2. The Morgan fingerprint density at radius 1 is 1.06 bits per heavy atom. The van der Waals surface area contributed by atoms with Gasteiger partial charge in [-0.3, -0.25) is 9.59 Å². The molecule has 7 nitrogen and oxygen atoms in total. The molecule has 0 radical (unpaired) electrons. The number of carboxylic acid groups (broad SMARTS) is 1. The van der Waals surface area contributed by atoms with E-state index in [2.05, 4.69) is 29.6 Å². The van der Waals surface area contributed by atoms with Crippen LogP contribution in [0.1, 0.15) is 57.6 Å². The fourth-order valence-corrected chi connectivity index (χ4v) is 5.29. The van der Waals surface area contributed by atoms with E-state index in [1.807, 2.05) is 52.0 Å². The van der Waals surface area contributed by atoms with E-state index in [-0.39, 0.29) is 31.4 Å². The van der Waals surface area contributed by atoms with Gasteiger partial charge in [0.05, 0.1) is 5.92 Å². The Labute approximate surface area is 206 Å². The lowest BCUT2D eigenvalue weighted by atomic mass is 9.82. The van der Waals surface area contributed by atoms with Crippen molar-refractivity contribution in [1.29, 1.82) is 0 Å². The number of carboxylic acids is 1. The highest BCUT2D eigenvalue weighted by atomic mass is 16.5. The molecule has 0 aromatic heterocycles. The highest BCUT2D eigenvalue weighted by Crippen LogP contribution is 2.44. The van der Waals surface area contributed by atoms with Gasteiger partial charge < -0.3 is 20.1 Å². The highest BCUT2D eigenvalue weighted by molar-refractivity contribution is 5.80. The van der Waals surface area contributed by atoms with Crippen molar-refractivity contribution in [3.05, 3.63) is 59.7 Å². The van der Waals surface area contributed by atoms with E-state index in [1.165, 1.54) is 11.1 Å². The Kier molecular flexibility index (Phi) is 6.62. The van der Waals surface area contributed by atoms with Crippen LogP contribution in [0, 0.1) is 11.3 Å². The molecule has 2 aromatic carbocycles. The zero-order chi connectivity index (χ0) is 25.4. The van der Waals surface area contributed by atoms with Crippen LogP contribution < -0.4 is 5.32 Å². The van der Waals surface area contributed by atoms with E-state index in [0.29, 0.717) is 13.0 Å². The quantitative estimate of drug-likeness (QED) is 0.604. The summed E-state index contributed by atoms with van der Waals surface area (Å²) < 4.78 is 5.64. The van der Waals surface area contributed by atoms with Crippen LogP contribution in [-0.4, -0.2) is 53.2 Å². The molecule has 0 bridgehead atoms. The normalized spacial score (nSPS) is 18.6. The van der Waals surface area contributed by atoms with Gasteiger partial charge in [-0.05, 0) is 47.9 Å². The zero-order valence-corrected chi connectivity index (χ0v) is 20.8. The molecule has 2 N–H and O–H groups in total. The minimum atomic E-state index is -0.873. The lowest BCUT2D eigenvalue weighted by Crippen LogP contribution is -2.45. The second-order valence-corrected chi connectivity index (χ2v) is 11.0. The molecule has 1 atom stereocenters. The number of carbonyl (C=O) groups is 3. The number of ether oxygens (including phenoxy) is 1. The molecule has 1 aliphatic carbocycles. The molecular formula is C28H34N2O5. The Balaban J connectivity index is 1.30. The number of aliphatic carboxylic acids is 1. The van der Waals surface area contributed by atoms with Crippen molar-refractivity contribution in [2.45, 2.75) is 52.0 Å². The van der Waals surface area contributed by atoms with Crippen LogP contribution in [0.2, 0.25) is 0 Å². The van der Waals surface area contributed by atoms with E-state index < -0.39 is 28.9 Å². The number of nitrogens with zero attached hydrogens (tertiary/aromatic N) is 1. The molecule has 1 saturated heterocycles. The highest BCUT2D eigenvalue weighted by Gasteiger charge is 2.45. The molecule has 7 heteroatoms. The van der Waals surface area contributed by atoms with Crippen LogP contribution in [0.15, 0.2) is 48.5 Å².